The van der Waals surface area contributed by atoms with Crippen LogP contribution in [0.4, 0.5) is 0 Å². The number of aryl methyl sites for hydroxylation is 1. The predicted molar refractivity (Wildman–Crippen MR) is 111 cm³/mol. The zero-order valence-corrected chi connectivity index (χ0v) is 17.6. The number of rotatable bonds is 6. The largest absolute Gasteiger partial charge is 0.348 e. The molecule has 1 aliphatic heterocycles. The van der Waals surface area contributed by atoms with E-state index < -0.39 is 16.1 Å². The maximum atomic E-state index is 13.0. The number of benzene rings is 2. The molecular weight excluding hydrogens is 396 g/mol. The van der Waals surface area contributed by atoms with E-state index in [0.29, 0.717) is 24.4 Å². The Morgan fingerprint density at radius 3 is 2.43 bits per heavy atom. The van der Waals surface area contributed by atoms with Crippen molar-refractivity contribution in [1.82, 2.24) is 9.62 Å². The van der Waals surface area contributed by atoms with Crippen molar-refractivity contribution in [2.24, 2.45) is 0 Å². The molecule has 0 bridgehead atoms. The lowest BCUT2D eigenvalue weighted by Crippen LogP contribution is -2.46. The van der Waals surface area contributed by atoms with Crippen LogP contribution in [0.1, 0.15) is 43.4 Å². The fourth-order valence-electron chi connectivity index (χ4n) is 3.52. The Morgan fingerprint density at radius 1 is 1.18 bits per heavy atom. The molecular formula is C21H25ClN2O3S. The Kier molecular flexibility index (Phi) is 6.43. The predicted octanol–water partition coefficient (Wildman–Crippen LogP) is 4.07. The third-order valence-corrected chi connectivity index (χ3v) is 7.31. The highest BCUT2D eigenvalue weighted by atomic mass is 35.5. The van der Waals surface area contributed by atoms with Gasteiger partial charge in [0.15, 0.2) is 0 Å². The molecule has 1 amide bonds. The first kappa shape index (κ1) is 20.8. The van der Waals surface area contributed by atoms with Crippen LogP contribution < -0.4 is 5.32 Å². The summed E-state index contributed by atoms with van der Waals surface area (Å²) in [5, 5.41) is 3.51. The van der Waals surface area contributed by atoms with Crippen LogP contribution in [0, 0.1) is 6.92 Å². The minimum absolute atomic E-state index is 0.145. The van der Waals surface area contributed by atoms with Crippen LogP contribution in [0.15, 0.2) is 53.4 Å². The van der Waals surface area contributed by atoms with E-state index in [9.17, 15) is 13.2 Å². The Hall–Kier alpha value is -1.89. The lowest BCUT2D eigenvalue weighted by atomic mass is 10.0. The number of carbonyl (C=O) groups is 1. The number of carbonyl (C=O) groups excluding carboxylic acids is 1. The number of hydrogen-bond acceptors (Lipinski definition) is 3. The molecule has 150 valence electrons. The van der Waals surface area contributed by atoms with E-state index in [2.05, 4.69) is 5.32 Å². The van der Waals surface area contributed by atoms with Crippen molar-refractivity contribution in [1.29, 1.82) is 0 Å². The van der Waals surface area contributed by atoms with Gasteiger partial charge in [0, 0.05) is 11.6 Å². The van der Waals surface area contributed by atoms with Crippen LogP contribution in [-0.4, -0.2) is 31.2 Å². The second kappa shape index (κ2) is 8.64. The van der Waals surface area contributed by atoms with Gasteiger partial charge in [-0.25, -0.2) is 8.42 Å². The SMILES string of the molecule is CCC(NC(=O)C1CCCN1S(=O)(=O)c1ccc(Cl)cc1)c1ccc(C)cc1. The smallest absolute Gasteiger partial charge is 0.243 e. The van der Waals surface area contributed by atoms with E-state index in [1.807, 2.05) is 38.1 Å². The Labute approximate surface area is 171 Å². The van der Waals surface area contributed by atoms with Crippen LogP contribution in [-0.2, 0) is 14.8 Å². The molecule has 0 spiro atoms. The molecule has 3 rings (SSSR count). The van der Waals surface area contributed by atoms with E-state index >= 15 is 0 Å². The highest BCUT2D eigenvalue weighted by Crippen LogP contribution is 2.28. The highest BCUT2D eigenvalue weighted by Gasteiger charge is 2.39. The number of amides is 1. The molecule has 2 aromatic rings. The molecule has 7 heteroatoms. The summed E-state index contributed by atoms with van der Waals surface area (Å²) in [4.78, 5) is 13.1. The molecule has 2 unspecified atom stereocenters. The second-order valence-corrected chi connectivity index (χ2v) is 9.43. The number of hydrogen-bond donors (Lipinski definition) is 1. The quantitative estimate of drug-likeness (QED) is 0.765. The van der Waals surface area contributed by atoms with Gasteiger partial charge in [-0.3, -0.25) is 4.79 Å². The van der Waals surface area contributed by atoms with Crippen molar-refractivity contribution in [2.75, 3.05) is 6.54 Å². The first-order chi connectivity index (χ1) is 13.3. The third kappa shape index (κ3) is 4.40. The van der Waals surface area contributed by atoms with E-state index in [-0.39, 0.29) is 16.8 Å². The topological polar surface area (TPSA) is 66.5 Å². The molecule has 0 saturated carbocycles. The van der Waals surface area contributed by atoms with Gasteiger partial charge in [-0.2, -0.15) is 4.31 Å². The standard InChI is InChI=1S/C21H25ClN2O3S/c1-3-19(16-8-6-15(2)7-9-16)23-21(25)20-5-4-14-24(20)28(26,27)18-12-10-17(22)11-13-18/h6-13,19-20H,3-5,14H2,1-2H3,(H,23,25). The van der Waals surface area contributed by atoms with Gasteiger partial charge >= 0.3 is 0 Å². The third-order valence-electron chi connectivity index (χ3n) is 5.13. The molecule has 5 nitrogen and oxygen atoms in total. The van der Waals surface area contributed by atoms with Crippen molar-refractivity contribution in [3.8, 4) is 0 Å². The van der Waals surface area contributed by atoms with E-state index in [0.717, 1.165) is 17.5 Å². The molecule has 0 aliphatic carbocycles. The van der Waals surface area contributed by atoms with Gasteiger partial charge in [-0.15, -0.1) is 0 Å². The molecule has 1 heterocycles. The Bertz CT molecular complexity index is 927. The van der Waals surface area contributed by atoms with E-state index in [1.54, 1.807) is 12.1 Å². The van der Waals surface area contributed by atoms with Crippen LogP contribution in [0.2, 0.25) is 5.02 Å². The average Bonchev–Trinajstić information content (AvgIpc) is 3.18. The van der Waals surface area contributed by atoms with Crippen LogP contribution in [0.3, 0.4) is 0 Å². The van der Waals surface area contributed by atoms with Gasteiger partial charge in [0.05, 0.1) is 10.9 Å². The summed E-state index contributed by atoms with van der Waals surface area (Å²) in [6, 6.07) is 13.2. The summed E-state index contributed by atoms with van der Waals surface area (Å²) in [6.07, 6.45) is 1.90. The zero-order chi connectivity index (χ0) is 20.3. The minimum atomic E-state index is -3.75. The summed E-state index contributed by atoms with van der Waals surface area (Å²) < 4.78 is 27.4. The minimum Gasteiger partial charge on any atom is -0.348 e. The molecule has 1 saturated heterocycles. The highest BCUT2D eigenvalue weighted by molar-refractivity contribution is 7.89. The van der Waals surface area contributed by atoms with Gasteiger partial charge in [0.1, 0.15) is 6.04 Å². The van der Waals surface area contributed by atoms with Crippen LogP contribution >= 0.6 is 11.6 Å². The van der Waals surface area contributed by atoms with Crippen molar-refractivity contribution in [3.05, 3.63) is 64.7 Å². The average molecular weight is 421 g/mol. The molecule has 0 radical (unpaired) electrons. The number of halogens is 1. The van der Waals surface area contributed by atoms with Gasteiger partial charge < -0.3 is 5.32 Å². The second-order valence-electron chi connectivity index (χ2n) is 7.11. The van der Waals surface area contributed by atoms with Crippen LogP contribution in [0.5, 0.6) is 0 Å². The lowest BCUT2D eigenvalue weighted by Gasteiger charge is -2.26. The van der Waals surface area contributed by atoms with E-state index in [1.165, 1.54) is 16.4 Å². The molecule has 1 N–H and O–H groups in total. The van der Waals surface area contributed by atoms with Gasteiger partial charge in [0.25, 0.3) is 0 Å². The molecule has 0 aromatic heterocycles. The van der Waals surface area contributed by atoms with E-state index in [4.69, 9.17) is 11.6 Å². The Morgan fingerprint density at radius 2 is 1.82 bits per heavy atom. The lowest BCUT2D eigenvalue weighted by molar-refractivity contribution is -0.125. The summed E-state index contributed by atoms with van der Waals surface area (Å²) in [5.74, 6) is -0.248. The maximum Gasteiger partial charge on any atom is 0.243 e. The summed E-state index contributed by atoms with van der Waals surface area (Å²) in [7, 11) is -3.75. The molecule has 2 atom stereocenters. The molecule has 2 aromatic carbocycles. The maximum absolute atomic E-state index is 13.0. The fourth-order valence-corrected chi connectivity index (χ4v) is 5.30. The number of nitrogens with zero attached hydrogens (tertiary/aromatic N) is 1. The molecule has 1 fully saturated rings. The van der Waals surface area contributed by atoms with Crippen molar-refractivity contribution in [3.63, 3.8) is 0 Å². The number of sulfonamides is 1. The van der Waals surface area contributed by atoms with Crippen molar-refractivity contribution < 1.29 is 13.2 Å². The van der Waals surface area contributed by atoms with Gasteiger partial charge in [0.2, 0.25) is 15.9 Å². The normalized spacial score (nSPS) is 18.8. The zero-order valence-electron chi connectivity index (χ0n) is 16.1. The summed E-state index contributed by atoms with van der Waals surface area (Å²) in [5.41, 5.74) is 2.17. The summed E-state index contributed by atoms with van der Waals surface area (Å²) >= 11 is 5.87. The van der Waals surface area contributed by atoms with Gasteiger partial charge in [-0.1, -0.05) is 48.4 Å². The molecule has 28 heavy (non-hydrogen) atoms. The first-order valence-corrected chi connectivity index (χ1v) is 11.3. The fraction of sp³-hybridized carbons (Fsp3) is 0.381. The molecule has 1 aliphatic rings. The summed E-state index contributed by atoms with van der Waals surface area (Å²) in [6.45, 7) is 4.35. The first-order valence-electron chi connectivity index (χ1n) is 9.47. The van der Waals surface area contributed by atoms with Crippen LogP contribution in [0.25, 0.3) is 0 Å². The Balaban J connectivity index is 1.78. The van der Waals surface area contributed by atoms with Crippen molar-refractivity contribution in [2.45, 2.75) is 50.1 Å². The number of nitrogens with one attached hydrogen (secondary N) is 1. The van der Waals surface area contributed by atoms with Crippen molar-refractivity contribution >= 4 is 27.5 Å². The van der Waals surface area contributed by atoms with Gasteiger partial charge in [-0.05, 0) is 56.0 Å². The monoisotopic (exact) mass is 420 g/mol.